The predicted octanol–water partition coefficient (Wildman–Crippen LogP) is 3.71. The molecule has 0 heterocycles. The molecule has 1 unspecified atom stereocenters. The number of carboxylic acid groups (broad SMARTS) is 1. The molecule has 0 radical (unpaired) electrons. The van der Waals surface area contributed by atoms with Gasteiger partial charge in [0.1, 0.15) is 0 Å². The van der Waals surface area contributed by atoms with Gasteiger partial charge in [0.25, 0.3) is 0 Å². The molecule has 0 rings (SSSR count). The molecule has 0 fully saturated rings. The van der Waals surface area contributed by atoms with Crippen molar-refractivity contribution in [2.24, 2.45) is 5.73 Å². The van der Waals surface area contributed by atoms with Crippen LogP contribution in [-0.4, -0.2) is 17.1 Å². The van der Waals surface area contributed by atoms with Gasteiger partial charge in [0.05, 0.1) is 0 Å². The minimum Gasteiger partial charge on any atom is -0.481 e. The summed E-state index contributed by atoms with van der Waals surface area (Å²) in [6.45, 7) is 2.23. The zero-order valence-electron chi connectivity index (χ0n) is 11.3. The molecule has 0 aliphatic carbocycles. The summed E-state index contributed by atoms with van der Waals surface area (Å²) in [5, 5.41) is 8.48. The molecule has 17 heavy (non-hydrogen) atoms. The van der Waals surface area contributed by atoms with Crippen LogP contribution in [0.2, 0.25) is 0 Å². The van der Waals surface area contributed by atoms with E-state index in [4.69, 9.17) is 10.8 Å². The van der Waals surface area contributed by atoms with Gasteiger partial charge in [-0.15, -0.1) is 0 Å². The van der Waals surface area contributed by atoms with Gasteiger partial charge >= 0.3 is 5.97 Å². The average Bonchev–Trinajstić information content (AvgIpc) is 2.28. The Bertz CT molecular complexity index is 183. The molecule has 102 valence electrons. The van der Waals surface area contributed by atoms with Crippen molar-refractivity contribution in [3.8, 4) is 0 Å². The summed E-state index contributed by atoms with van der Waals surface area (Å²) in [5.74, 6) is -0.690. The molecular formula is C14H29NO2. The molecule has 0 aliphatic heterocycles. The maximum atomic E-state index is 10.3. The second kappa shape index (κ2) is 11.9. The summed E-state index contributed by atoms with van der Waals surface area (Å²) in [5.41, 5.74) is 6.01. The lowest BCUT2D eigenvalue weighted by atomic mass is 10.0. The fourth-order valence-electron chi connectivity index (χ4n) is 2.01. The van der Waals surface area contributed by atoms with Crippen LogP contribution < -0.4 is 5.73 Å². The summed E-state index contributed by atoms with van der Waals surface area (Å²) in [7, 11) is 0. The van der Waals surface area contributed by atoms with Gasteiger partial charge in [0.2, 0.25) is 0 Å². The largest absolute Gasteiger partial charge is 0.481 e. The molecule has 0 aromatic carbocycles. The Morgan fingerprint density at radius 2 is 1.53 bits per heavy atom. The highest BCUT2D eigenvalue weighted by Gasteiger charge is 2.03. The van der Waals surface area contributed by atoms with E-state index in [1.54, 1.807) is 0 Å². The van der Waals surface area contributed by atoms with E-state index in [9.17, 15) is 4.79 Å². The SMILES string of the molecule is CCCCCCCC(N)CCCCCC(=O)O. The average molecular weight is 243 g/mol. The number of carbonyl (C=O) groups is 1. The summed E-state index contributed by atoms with van der Waals surface area (Å²) in [6.07, 6.45) is 11.8. The van der Waals surface area contributed by atoms with Crippen LogP contribution >= 0.6 is 0 Å². The van der Waals surface area contributed by atoms with Crippen molar-refractivity contribution in [1.29, 1.82) is 0 Å². The fraction of sp³-hybridized carbons (Fsp3) is 0.929. The summed E-state index contributed by atoms with van der Waals surface area (Å²) >= 11 is 0. The molecular weight excluding hydrogens is 214 g/mol. The van der Waals surface area contributed by atoms with Crippen LogP contribution in [0.1, 0.15) is 77.6 Å². The smallest absolute Gasteiger partial charge is 0.303 e. The normalized spacial score (nSPS) is 12.6. The van der Waals surface area contributed by atoms with E-state index in [1.807, 2.05) is 0 Å². The molecule has 0 spiro atoms. The number of unbranched alkanes of at least 4 members (excludes halogenated alkanes) is 6. The number of hydrogen-bond donors (Lipinski definition) is 2. The van der Waals surface area contributed by atoms with E-state index in [0.29, 0.717) is 12.5 Å². The van der Waals surface area contributed by atoms with Gasteiger partial charge in [-0.25, -0.2) is 0 Å². The topological polar surface area (TPSA) is 63.3 Å². The third-order valence-corrected chi connectivity index (χ3v) is 3.14. The van der Waals surface area contributed by atoms with Crippen molar-refractivity contribution in [2.45, 2.75) is 83.6 Å². The molecule has 3 nitrogen and oxygen atoms in total. The van der Waals surface area contributed by atoms with Crippen molar-refractivity contribution in [2.75, 3.05) is 0 Å². The summed E-state index contributed by atoms with van der Waals surface area (Å²) < 4.78 is 0. The zero-order chi connectivity index (χ0) is 12.9. The molecule has 0 amide bonds. The van der Waals surface area contributed by atoms with E-state index >= 15 is 0 Å². The van der Waals surface area contributed by atoms with Crippen LogP contribution in [0.15, 0.2) is 0 Å². The number of aliphatic carboxylic acids is 1. The first kappa shape index (κ1) is 16.4. The highest BCUT2D eigenvalue weighted by atomic mass is 16.4. The van der Waals surface area contributed by atoms with Crippen molar-refractivity contribution in [1.82, 2.24) is 0 Å². The predicted molar refractivity (Wildman–Crippen MR) is 72.1 cm³/mol. The lowest BCUT2D eigenvalue weighted by Crippen LogP contribution is -2.19. The Hall–Kier alpha value is -0.570. The maximum Gasteiger partial charge on any atom is 0.303 e. The third kappa shape index (κ3) is 13.4. The molecule has 0 saturated heterocycles. The van der Waals surface area contributed by atoms with E-state index in [-0.39, 0.29) is 0 Å². The summed E-state index contributed by atoms with van der Waals surface area (Å²) in [6, 6.07) is 0.321. The fourth-order valence-corrected chi connectivity index (χ4v) is 2.01. The Kier molecular flexibility index (Phi) is 11.5. The quantitative estimate of drug-likeness (QED) is 0.514. The number of nitrogens with two attached hydrogens (primary N) is 1. The van der Waals surface area contributed by atoms with Gasteiger partial charge in [-0.05, 0) is 19.3 Å². The minimum absolute atomic E-state index is 0.298. The van der Waals surface area contributed by atoms with Gasteiger partial charge in [-0.2, -0.15) is 0 Å². The van der Waals surface area contributed by atoms with Crippen LogP contribution in [-0.2, 0) is 4.79 Å². The summed E-state index contributed by atoms with van der Waals surface area (Å²) in [4.78, 5) is 10.3. The lowest BCUT2D eigenvalue weighted by Gasteiger charge is -2.10. The molecule has 0 aromatic rings. The first-order valence-electron chi connectivity index (χ1n) is 7.14. The second-order valence-electron chi connectivity index (χ2n) is 4.96. The van der Waals surface area contributed by atoms with E-state index in [1.165, 1.54) is 32.1 Å². The van der Waals surface area contributed by atoms with E-state index in [0.717, 1.165) is 32.1 Å². The molecule has 0 saturated carbocycles. The molecule has 0 aromatic heterocycles. The van der Waals surface area contributed by atoms with Gasteiger partial charge < -0.3 is 10.8 Å². The van der Waals surface area contributed by atoms with Gasteiger partial charge in [0.15, 0.2) is 0 Å². The first-order chi connectivity index (χ1) is 8.16. The van der Waals surface area contributed by atoms with Crippen molar-refractivity contribution in [3.63, 3.8) is 0 Å². The van der Waals surface area contributed by atoms with E-state index < -0.39 is 5.97 Å². The Balaban J connectivity index is 3.17. The number of carboxylic acids is 1. The number of hydrogen-bond acceptors (Lipinski definition) is 2. The molecule has 3 N–H and O–H groups in total. The third-order valence-electron chi connectivity index (χ3n) is 3.14. The molecule has 1 atom stereocenters. The first-order valence-corrected chi connectivity index (χ1v) is 7.14. The Morgan fingerprint density at radius 3 is 2.06 bits per heavy atom. The lowest BCUT2D eigenvalue weighted by molar-refractivity contribution is -0.137. The molecule has 0 bridgehead atoms. The standard InChI is InChI=1S/C14H29NO2/c1-2-3-4-5-7-10-13(15)11-8-6-9-12-14(16)17/h13H,2-12,15H2,1H3,(H,16,17). The van der Waals surface area contributed by atoms with E-state index in [2.05, 4.69) is 6.92 Å². The monoisotopic (exact) mass is 243 g/mol. The van der Waals surface area contributed by atoms with Crippen LogP contribution in [0, 0.1) is 0 Å². The van der Waals surface area contributed by atoms with Gasteiger partial charge in [-0.3, -0.25) is 4.79 Å². The van der Waals surface area contributed by atoms with Crippen molar-refractivity contribution >= 4 is 5.97 Å². The van der Waals surface area contributed by atoms with Crippen molar-refractivity contribution < 1.29 is 9.90 Å². The molecule has 3 heteroatoms. The highest BCUT2D eigenvalue weighted by molar-refractivity contribution is 5.66. The van der Waals surface area contributed by atoms with Crippen LogP contribution in [0.3, 0.4) is 0 Å². The Labute approximate surface area is 106 Å². The van der Waals surface area contributed by atoms with Crippen LogP contribution in [0.4, 0.5) is 0 Å². The Morgan fingerprint density at radius 1 is 1.00 bits per heavy atom. The van der Waals surface area contributed by atoms with Crippen molar-refractivity contribution in [3.05, 3.63) is 0 Å². The van der Waals surface area contributed by atoms with Gasteiger partial charge in [0, 0.05) is 12.5 Å². The van der Waals surface area contributed by atoms with Crippen LogP contribution in [0.5, 0.6) is 0 Å². The highest BCUT2D eigenvalue weighted by Crippen LogP contribution is 2.11. The second-order valence-corrected chi connectivity index (χ2v) is 4.96. The van der Waals surface area contributed by atoms with Crippen LogP contribution in [0.25, 0.3) is 0 Å². The zero-order valence-corrected chi connectivity index (χ0v) is 11.3. The molecule has 0 aliphatic rings. The maximum absolute atomic E-state index is 10.3. The van der Waals surface area contributed by atoms with Gasteiger partial charge in [-0.1, -0.05) is 51.9 Å². The number of rotatable bonds is 12. The minimum atomic E-state index is -0.690.